The summed E-state index contributed by atoms with van der Waals surface area (Å²) in [5.74, 6) is -0.998. The van der Waals surface area contributed by atoms with Gasteiger partial charge in [0.05, 0.1) is 4.90 Å². The van der Waals surface area contributed by atoms with Gasteiger partial charge in [-0.1, -0.05) is 6.07 Å². The van der Waals surface area contributed by atoms with Crippen molar-refractivity contribution in [2.45, 2.75) is 17.9 Å². The maximum absolute atomic E-state index is 11.9. The third-order valence-corrected chi connectivity index (χ3v) is 3.98. The Morgan fingerprint density at radius 1 is 1.50 bits per heavy atom. The molecule has 0 aromatic heterocycles. The summed E-state index contributed by atoms with van der Waals surface area (Å²) >= 11 is 0. The number of hydrogen-bond acceptors (Lipinski definition) is 5. The second kappa shape index (κ2) is 5.34. The molecule has 0 saturated carbocycles. The molecule has 6 N–H and O–H groups in total. The highest BCUT2D eigenvalue weighted by Crippen LogP contribution is 2.19. The van der Waals surface area contributed by atoms with Crippen molar-refractivity contribution < 1.29 is 18.3 Å². The Bertz CT molecular complexity index is 556. The van der Waals surface area contributed by atoms with Gasteiger partial charge in [-0.15, -0.1) is 0 Å². The van der Waals surface area contributed by atoms with Crippen molar-refractivity contribution in [3.8, 4) is 0 Å². The van der Waals surface area contributed by atoms with Crippen LogP contribution in [0.4, 0.5) is 5.69 Å². The molecule has 0 aliphatic carbocycles. The molecule has 1 atom stereocenters. The van der Waals surface area contributed by atoms with Crippen LogP contribution in [0.15, 0.2) is 23.1 Å². The lowest BCUT2D eigenvalue weighted by Crippen LogP contribution is -2.40. The maximum atomic E-state index is 11.9. The lowest BCUT2D eigenvalue weighted by atomic mass is 10.2. The zero-order valence-corrected chi connectivity index (χ0v) is 10.6. The minimum atomic E-state index is -3.84. The average molecular weight is 273 g/mol. The molecule has 1 aromatic carbocycles. The Hall–Kier alpha value is -1.64. The zero-order valence-electron chi connectivity index (χ0n) is 9.75. The van der Waals surface area contributed by atoms with Crippen LogP contribution >= 0.6 is 0 Å². The molecule has 0 spiro atoms. The van der Waals surface area contributed by atoms with Crippen LogP contribution in [0.5, 0.6) is 0 Å². The minimum Gasteiger partial charge on any atom is -0.398 e. The molecule has 1 rings (SSSR count). The predicted octanol–water partition coefficient (Wildman–Crippen LogP) is -1.30. The van der Waals surface area contributed by atoms with E-state index < -0.39 is 28.6 Å². The Morgan fingerprint density at radius 3 is 2.67 bits per heavy atom. The zero-order chi connectivity index (χ0) is 13.9. The van der Waals surface area contributed by atoms with Crippen LogP contribution in [-0.4, -0.2) is 32.1 Å². The van der Waals surface area contributed by atoms with Gasteiger partial charge in [-0.25, -0.2) is 13.1 Å². The van der Waals surface area contributed by atoms with E-state index in [2.05, 4.69) is 4.72 Å². The fourth-order valence-electron chi connectivity index (χ4n) is 1.29. The maximum Gasteiger partial charge on any atom is 0.247 e. The van der Waals surface area contributed by atoms with Crippen LogP contribution in [0.1, 0.15) is 5.56 Å². The summed E-state index contributed by atoms with van der Waals surface area (Å²) in [6.45, 7) is 1.08. The number of amides is 1. The molecule has 0 aliphatic heterocycles. The summed E-state index contributed by atoms with van der Waals surface area (Å²) in [5, 5.41) is 9.13. The molecule has 18 heavy (non-hydrogen) atoms. The summed E-state index contributed by atoms with van der Waals surface area (Å²) in [4.78, 5) is 10.6. The normalized spacial score (nSPS) is 13.2. The highest BCUT2D eigenvalue weighted by Gasteiger charge is 2.20. The van der Waals surface area contributed by atoms with E-state index in [1.54, 1.807) is 13.0 Å². The molecule has 8 heteroatoms. The SMILES string of the molecule is Cc1c(N)cccc1S(=O)(=O)NCC(O)C(N)=O. The first-order chi connectivity index (χ1) is 8.25. The number of carbonyl (C=O) groups is 1. The molecular weight excluding hydrogens is 258 g/mol. The molecule has 100 valence electrons. The van der Waals surface area contributed by atoms with E-state index in [1.165, 1.54) is 12.1 Å². The van der Waals surface area contributed by atoms with Crippen molar-refractivity contribution in [3.63, 3.8) is 0 Å². The molecule has 0 saturated heterocycles. The average Bonchev–Trinajstić information content (AvgIpc) is 2.29. The van der Waals surface area contributed by atoms with Crippen molar-refractivity contribution >= 4 is 21.6 Å². The summed E-state index contributed by atoms with van der Waals surface area (Å²) in [6.07, 6.45) is -1.57. The first-order valence-electron chi connectivity index (χ1n) is 5.08. The standard InChI is InChI=1S/C10H15N3O4S/c1-6-7(11)3-2-4-9(6)18(16,17)13-5-8(14)10(12)15/h2-4,8,13-14H,5,11H2,1H3,(H2,12,15). The van der Waals surface area contributed by atoms with Gasteiger partial charge >= 0.3 is 0 Å². The Labute approximate surface area is 105 Å². The van der Waals surface area contributed by atoms with Crippen molar-refractivity contribution in [1.82, 2.24) is 4.72 Å². The van der Waals surface area contributed by atoms with Gasteiger partial charge in [0.2, 0.25) is 15.9 Å². The molecule has 0 bridgehead atoms. The largest absolute Gasteiger partial charge is 0.398 e. The highest BCUT2D eigenvalue weighted by molar-refractivity contribution is 7.89. The number of primary amides is 1. The molecule has 0 aliphatic rings. The van der Waals surface area contributed by atoms with Crippen LogP contribution in [-0.2, 0) is 14.8 Å². The summed E-state index contributed by atoms with van der Waals surface area (Å²) in [5.41, 5.74) is 11.2. The van der Waals surface area contributed by atoms with Crippen LogP contribution in [0.3, 0.4) is 0 Å². The second-order valence-corrected chi connectivity index (χ2v) is 5.48. The van der Waals surface area contributed by atoms with Gasteiger partial charge in [0.1, 0.15) is 6.10 Å². The van der Waals surface area contributed by atoms with Gasteiger partial charge in [-0.2, -0.15) is 0 Å². The van der Waals surface area contributed by atoms with Crippen LogP contribution < -0.4 is 16.2 Å². The van der Waals surface area contributed by atoms with E-state index in [0.29, 0.717) is 11.3 Å². The number of hydrogen-bond donors (Lipinski definition) is 4. The molecule has 1 amide bonds. The number of nitrogens with two attached hydrogens (primary N) is 2. The van der Waals surface area contributed by atoms with Gasteiger partial charge < -0.3 is 16.6 Å². The first-order valence-corrected chi connectivity index (χ1v) is 6.56. The third-order valence-electron chi connectivity index (χ3n) is 2.41. The number of aliphatic hydroxyl groups is 1. The minimum absolute atomic E-state index is 0.000768. The number of rotatable bonds is 5. The number of sulfonamides is 1. The van der Waals surface area contributed by atoms with Gasteiger partial charge in [0, 0.05) is 12.2 Å². The van der Waals surface area contributed by atoms with Crippen molar-refractivity contribution in [2.24, 2.45) is 5.73 Å². The van der Waals surface area contributed by atoms with Crippen molar-refractivity contribution in [1.29, 1.82) is 0 Å². The van der Waals surface area contributed by atoms with E-state index in [0.717, 1.165) is 0 Å². The van der Waals surface area contributed by atoms with E-state index in [-0.39, 0.29) is 4.90 Å². The highest BCUT2D eigenvalue weighted by atomic mass is 32.2. The molecular formula is C10H15N3O4S. The van der Waals surface area contributed by atoms with Gasteiger partial charge in [0.15, 0.2) is 0 Å². The van der Waals surface area contributed by atoms with E-state index >= 15 is 0 Å². The fourth-order valence-corrected chi connectivity index (χ4v) is 2.60. The first kappa shape index (κ1) is 14.4. The lowest BCUT2D eigenvalue weighted by molar-refractivity contribution is -0.125. The number of nitrogen functional groups attached to an aromatic ring is 1. The summed E-state index contributed by atoms with van der Waals surface area (Å²) < 4.78 is 25.9. The Morgan fingerprint density at radius 2 is 2.11 bits per heavy atom. The number of carbonyl (C=O) groups excluding carboxylic acids is 1. The van der Waals surface area contributed by atoms with Gasteiger partial charge in [0.25, 0.3) is 0 Å². The molecule has 1 unspecified atom stereocenters. The van der Waals surface area contributed by atoms with E-state index in [1.807, 2.05) is 0 Å². The molecule has 7 nitrogen and oxygen atoms in total. The number of benzene rings is 1. The number of nitrogens with one attached hydrogen (secondary N) is 1. The molecule has 0 radical (unpaired) electrons. The second-order valence-electron chi connectivity index (χ2n) is 3.74. The topological polar surface area (TPSA) is 136 Å². The van der Waals surface area contributed by atoms with Crippen LogP contribution in [0.2, 0.25) is 0 Å². The summed E-state index contributed by atoms with van der Waals surface area (Å²) in [6, 6.07) is 4.46. The number of anilines is 1. The Balaban J connectivity index is 2.94. The van der Waals surface area contributed by atoms with Crippen molar-refractivity contribution in [2.75, 3.05) is 12.3 Å². The monoisotopic (exact) mass is 273 g/mol. The van der Waals surface area contributed by atoms with Gasteiger partial charge in [-0.05, 0) is 24.6 Å². The van der Waals surface area contributed by atoms with Crippen molar-refractivity contribution in [3.05, 3.63) is 23.8 Å². The van der Waals surface area contributed by atoms with Gasteiger partial charge in [-0.3, -0.25) is 4.79 Å². The van der Waals surface area contributed by atoms with Crippen LogP contribution in [0.25, 0.3) is 0 Å². The molecule has 0 fully saturated rings. The van der Waals surface area contributed by atoms with E-state index in [9.17, 15) is 13.2 Å². The third kappa shape index (κ3) is 3.19. The summed E-state index contributed by atoms with van der Waals surface area (Å²) in [7, 11) is -3.84. The smallest absolute Gasteiger partial charge is 0.247 e. The Kier molecular flexibility index (Phi) is 4.28. The molecule has 1 aromatic rings. The van der Waals surface area contributed by atoms with Crippen LogP contribution in [0, 0.1) is 6.92 Å². The lowest BCUT2D eigenvalue weighted by Gasteiger charge is -2.12. The fraction of sp³-hybridized carbons (Fsp3) is 0.300. The van der Waals surface area contributed by atoms with E-state index in [4.69, 9.17) is 16.6 Å². The number of aliphatic hydroxyl groups excluding tert-OH is 1. The molecule has 0 heterocycles. The predicted molar refractivity (Wildman–Crippen MR) is 66.0 cm³/mol. The quantitative estimate of drug-likeness (QED) is 0.494.